The van der Waals surface area contributed by atoms with Crippen molar-refractivity contribution in [1.82, 2.24) is 5.32 Å². The van der Waals surface area contributed by atoms with Gasteiger partial charge in [-0.2, -0.15) is 0 Å². The highest BCUT2D eigenvalue weighted by Gasteiger charge is 2.42. The number of carbonyl (C=O) groups is 1. The van der Waals surface area contributed by atoms with Crippen LogP contribution in [0.2, 0.25) is 0 Å². The average Bonchev–Trinajstić information content (AvgIpc) is 3.04. The molecule has 0 radical (unpaired) electrons. The Labute approximate surface area is 127 Å². The van der Waals surface area contributed by atoms with Crippen molar-refractivity contribution >= 4 is 21.8 Å². The summed E-state index contributed by atoms with van der Waals surface area (Å²) in [5.74, 6) is 1.38. The van der Waals surface area contributed by atoms with E-state index < -0.39 is 5.82 Å². The summed E-state index contributed by atoms with van der Waals surface area (Å²) in [6.07, 6.45) is 5.17. The third kappa shape index (κ3) is 2.50. The van der Waals surface area contributed by atoms with Gasteiger partial charge < -0.3 is 5.32 Å². The predicted molar refractivity (Wildman–Crippen MR) is 80.0 cm³/mol. The van der Waals surface area contributed by atoms with Crippen LogP contribution in [-0.4, -0.2) is 11.9 Å². The normalized spacial score (nSPS) is 29.4. The highest BCUT2D eigenvalue weighted by molar-refractivity contribution is 9.10. The Bertz CT molecular complexity index is 533. The van der Waals surface area contributed by atoms with Crippen molar-refractivity contribution in [1.29, 1.82) is 0 Å². The Kier molecular flexibility index (Phi) is 3.85. The summed E-state index contributed by atoms with van der Waals surface area (Å²) in [5.41, 5.74) is 0.120. The summed E-state index contributed by atoms with van der Waals surface area (Å²) < 4.78 is 14.3. The van der Waals surface area contributed by atoms with Crippen LogP contribution in [0.25, 0.3) is 0 Å². The summed E-state index contributed by atoms with van der Waals surface area (Å²) in [5, 5.41) is 2.99. The van der Waals surface area contributed by atoms with E-state index in [2.05, 4.69) is 28.2 Å². The second kappa shape index (κ2) is 5.47. The first-order valence-corrected chi connectivity index (χ1v) is 8.10. The van der Waals surface area contributed by atoms with Gasteiger partial charge in [0, 0.05) is 6.04 Å². The molecule has 2 aliphatic rings. The van der Waals surface area contributed by atoms with Gasteiger partial charge in [-0.3, -0.25) is 4.79 Å². The smallest absolute Gasteiger partial charge is 0.254 e. The van der Waals surface area contributed by atoms with Crippen molar-refractivity contribution in [3.8, 4) is 0 Å². The van der Waals surface area contributed by atoms with E-state index in [4.69, 9.17) is 0 Å². The summed E-state index contributed by atoms with van der Waals surface area (Å²) in [6.45, 7) is 2.05. The SMILES string of the molecule is CC(NC(=O)c1cccc(Br)c1F)C1CC2CCC1C2. The Morgan fingerprint density at radius 3 is 2.85 bits per heavy atom. The summed E-state index contributed by atoms with van der Waals surface area (Å²) in [4.78, 5) is 12.2. The minimum Gasteiger partial charge on any atom is -0.349 e. The molecule has 4 heteroatoms. The maximum Gasteiger partial charge on any atom is 0.254 e. The molecule has 4 atom stereocenters. The Balaban J connectivity index is 1.68. The highest BCUT2D eigenvalue weighted by Crippen LogP contribution is 2.49. The zero-order chi connectivity index (χ0) is 14.3. The van der Waals surface area contributed by atoms with E-state index in [1.165, 1.54) is 31.7 Å². The number of carbonyl (C=O) groups excluding carboxylic acids is 1. The first-order valence-electron chi connectivity index (χ1n) is 7.31. The number of nitrogens with one attached hydrogen (secondary N) is 1. The lowest BCUT2D eigenvalue weighted by atomic mass is 9.84. The highest BCUT2D eigenvalue weighted by atomic mass is 79.9. The third-order valence-corrected chi connectivity index (χ3v) is 5.60. The molecular weight excluding hydrogens is 321 g/mol. The molecule has 1 N–H and O–H groups in total. The van der Waals surface area contributed by atoms with Crippen LogP contribution in [0.3, 0.4) is 0 Å². The largest absolute Gasteiger partial charge is 0.349 e. The second-order valence-corrected chi connectivity index (χ2v) is 7.06. The fraction of sp³-hybridized carbons (Fsp3) is 0.562. The molecule has 2 nitrogen and oxygen atoms in total. The molecule has 0 heterocycles. The van der Waals surface area contributed by atoms with Crippen LogP contribution in [0, 0.1) is 23.6 Å². The molecule has 2 aliphatic carbocycles. The van der Waals surface area contributed by atoms with Gasteiger partial charge in [-0.05, 0) is 72.0 Å². The molecule has 108 valence electrons. The molecule has 4 unspecified atom stereocenters. The second-order valence-electron chi connectivity index (χ2n) is 6.20. The quantitative estimate of drug-likeness (QED) is 0.880. The van der Waals surface area contributed by atoms with Crippen molar-refractivity contribution in [2.24, 2.45) is 17.8 Å². The molecule has 1 amide bonds. The molecule has 20 heavy (non-hydrogen) atoms. The number of rotatable bonds is 3. The lowest BCUT2D eigenvalue weighted by molar-refractivity contribution is 0.0911. The Morgan fingerprint density at radius 2 is 2.20 bits per heavy atom. The molecule has 1 aromatic rings. The molecule has 3 rings (SSSR count). The van der Waals surface area contributed by atoms with Crippen LogP contribution in [-0.2, 0) is 0 Å². The summed E-state index contributed by atoms with van der Waals surface area (Å²) in [7, 11) is 0. The van der Waals surface area contributed by atoms with Gasteiger partial charge in [0.2, 0.25) is 0 Å². The molecule has 2 bridgehead atoms. The van der Waals surface area contributed by atoms with Crippen LogP contribution in [0.1, 0.15) is 43.0 Å². The predicted octanol–water partition coefficient (Wildman–Crippen LogP) is 4.14. The van der Waals surface area contributed by atoms with E-state index in [0.717, 1.165) is 11.8 Å². The van der Waals surface area contributed by atoms with Gasteiger partial charge in [0.25, 0.3) is 5.91 Å². The average molecular weight is 340 g/mol. The molecule has 0 aromatic heterocycles. The van der Waals surface area contributed by atoms with Gasteiger partial charge in [-0.15, -0.1) is 0 Å². The number of hydrogen-bond acceptors (Lipinski definition) is 1. The molecule has 0 spiro atoms. The fourth-order valence-corrected chi connectivity index (χ4v) is 4.34. The minimum atomic E-state index is -0.481. The van der Waals surface area contributed by atoms with Crippen LogP contribution in [0.4, 0.5) is 4.39 Å². The van der Waals surface area contributed by atoms with Crippen molar-refractivity contribution in [2.45, 2.75) is 38.6 Å². The molecule has 0 saturated heterocycles. The van der Waals surface area contributed by atoms with Crippen LogP contribution < -0.4 is 5.32 Å². The number of amides is 1. The van der Waals surface area contributed by atoms with Gasteiger partial charge >= 0.3 is 0 Å². The number of halogens is 2. The van der Waals surface area contributed by atoms with E-state index in [1.807, 2.05) is 0 Å². The zero-order valence-electron chi connectivity index (χ0n) is 11.5. The fourth-order valence-electron chi connectivity index (χ4n) is 3.98. The topological polar surface area (TPSA) is 29.1 Å². The maximum absolute atomic E-state index is 13.9. The van der Waals surface area contributed by atoms with E-state index >= 15 is 0 Å². The van der Waals surface area contributed by atoms with E-state index in [9.17, 15) is 9.18 Å². The summed E-state index contributed by atoms with van der Waals surface area (Å²) in [6, 6.07) is 4.94. The van der Waals surface area contributed by atoms with Crippen molar-refractivity contribution < 1.29 is 9.18 Å². The van der Waals surface area contributed by atoms with Gasteiger partial charge in [-0.25, -0.2) is 4.39 Å². The number of hydrogen-bond donors (Lipinski definition) is 1. The van der Waals surface area contributed by atoms with Crippen molar-refractivity contribution in [3.63, 3.8) is 0 Å². The van der Waals surface area contributed by atoms with Crippen LogP contribution >= 0.6 is 15.9 Å². The molecule has 0 aliphatic heterocycles. The van der Waals surface area contributed by atoms with Gasteiger partial charge in [0.15, 0.2) is 0 Å². The molecule has 2 saturated carbocycles. The molecule has 2 fully saturated rings. The minimum absolute atomic E-state index is 0.120. The van der Waals surface area contributed by atoms with Crippen molar-refractivity contribution in [2.75, 3.05) is 0 Å². The van der Waals surface area contributed by atoms with Gasteiger partial charge in [0.1, 0.15) is 5.82 Å². The van der Waals surface area contributed by atoms with Gasteiger partial charge in [-0.1, -0.05) is 12.5 Å². The number of fused-ring (bicyclic) bond motifs is 2. The van der Waals surface area contributed by atoms with Crippen molar-refractivity contribution in [3.05, 3.63) is 34.1 Å². The molecule has 1 aromatic carbocycles. The third-order valence-electron chi connectivity index (χ3n) is 4.99. The number of benzene rings is 1. The monoisotopic (exact) mass is 339 g/mol. The molecular formula is C16H19BrFNO. The zero-order valence-corrected chi connectivity index (χ0v) is 13.1. The Morgan fingerprint density at radius 1 is 1.40 bits per heavy atom. The van der Waals surface area contributed by atoms with E-state index in [-0.39, 0.29) is 17.5 Å². The lowest BCUT2D eigenvalue weighted by Crippen LogP contribution is -2.40. The van der Waals surface area contributed by atoms with Crippen LogP contribution in [0.5, 0.6) is 0 Å². The Hall–Kier alpha value is -0.900. The van der Waals surface area contributed by atoms with E-state index in [1.54, 1.807) is 12.1 Å². The lowest BCUT2D eigenvalue weighted by Gasteiger charge is -2.28. The summed E-state index contributed by atoms with van der Waals surface area (Å²) >= 11 is 3.12. The van der Waals surface area contributed by atoms with Crippen LogP contribution in [0.15, 0.2) is 22.7 Å². The maximum atomic E-state index is 13.9. The first kappa shape index (κ1) is 14.1. The standard InChI is InChI=1S/C16H19BrFNO/c1-9(13-8-10-5-6-11(13)7-10)19-16(20)12-3-2-4-14(17)15(12)18/h2-4,9-11,13H,5-8H2,1H3,(H,19,20). The first-order chi connectivity index (χ1) is 9.56. The van der Waals surface area contributed by atoms with Gasteiger partial charge in [0.05, 0.1) is 10.0 Å². The van der Waals surface area contributed by atoms with E-state index in [0.29, 0.717) is 10.4 Å².